The van der Waals surface area contributed by atoms with Gasteiger partial charge in [-0.15, -0.1) is 0 Å². The molecule has 3 rings (SSSR count). The molecule has 480 valence electrons. The van der Waals surface area contributed by atoms with E-state index in [-0.39, 0.29) is 12.8 Å². The van der Waals surface area contributed by atoms with Crippen molar-refractivity contribution >= 4 is 21.6 Å². The molecule has 1 aliphatic heterocycles. The first-order valence-electron chi connectivity index (χ1n) is 29.4. The third kappa shape index (κ3) is 25.0. The maximum Gasteiger partial charge on any atom is 0.472 e. The Balaban J connectivity index is 1.70. The summed E-state index contributed by atoms with van der Waals surface area (Å²) in [6.07, 6.45) is -18.4. The number of aliphatic hydroxyl groups is 15. The summed E-state index contributed by atoms with van der Waals surface area (Å²) < 4.78 is 57.5. The zero-order valence-corrected chi connectivity index (χ0v) is 48.9. The van der Waals surface area contributed by atoms with Crippen LogP contribution in [0.5, 0.6) is 0 Å². The Morgan fingerprint density at radius 3 is 1.27 bits per heavy atom. The number of hydrogen-bond acceptors (Lipinski definition) is 24. The minimum Gasteiger partial charge on any atom is -0.390 e. The van der Waals surface area contributed by atoms with Gasteiger partial charge < -0.3 is 101 Å². The molecule has 27 nitrogen and oxygen atoms in total. The molecule has 2 aliphatic carbocycles. The van der Waals surface area contributed by atoms with Crippen molar-refractivity contribution in [2.24, 2.45) is 0 Å². The number of ether oxygens (including phenoxy) is 2. The minimum absolute atomic E-state index is 0.0354. The van der Waals surface area contributed by atoms with E-state index >= 15 is 0 Å². The van der Waals surface area contributed by atoms with Crippen LogP contribution in [0.1, 0.15) is 181 Å². The lowest BCUT2D eigenvalue weighted by molar-refractivity contribution is -0.337. The largest absolute Gasteiger partial charge is 0.472 e. The zero-order chi connectivity index (χ0) is 60.5. The second-order valence-corrected chi connectivity index (χ2v) is 25.1. The van der Waals surface area contributed by atoms with Crippen LogP contribution in [-0.2, 0) is 41.5 Å². The van der Waals surface area contributed by atoms with Gasteiger partial charge in [0.05, 0.1) is 25.4 Å². The molecule has 1 saturated heterocycles. The first kappa shape index (κ1) is 74.3. The zero-order valence-electron chi connectivity index (χ0n) is 47.1. The van der Waals surface area contributed by atoms with E-state index in [9.17, 15) is 100 Å². The van der Waals surface area contributed by atoms with E-state index < -0.39 is 163 Å². The first-order valence-corrected chi connectivity index (χ1v) is 32.4. The Kier molecular flexibility index (Phi) is 35.1. The highest BCUT2D eigenvalue weighted by molar-refractivity contribution is 7.47. The van der Waals surface area contributed by atoms with Crippen molar-refractivity contribution in [2.75, 3.05) is 13.2 Å². The van der Waals surface area contributed by atoms with Gasteiger partial charge in [-0.3, -0.25) is 22.9 Å². The Morgan fingerprint density at radius 1 is 0.457 bits per heavy atom. The normalized spacial score (nSPS) is 34.0. The molecular weight excluding hydrogens is 1120 g/mol. The van der Waals surface area contributed by atoms with Crippen LogP contribution in [0.4, 0.5) is 0 Å². The maximum absolute atomic E-state index is 13.7. The summed E-state index contributed by atoms with van der Waals surface area (Å²) in [6.45, 7) is 1.99. The Labute approximate surface area is 475 Å². The number of carbonyl (C=O) groups is 1. The molecule has 2 saturated carbocycles. The highest BCUT2D eigenvalue weighted by atomic mass is 31.2. The molecule has 14 unspecified atom stereocenters. The summed E-state index contributed by atoms with van der Waals surface area (Å²) in [5, 5.41) is 162. The molecule has 1 amide bonds. The quantitative estimate of drug-likeness (QED) is 0.0287. The van der Waals surface area contributed by atoms with Crippen molar-refractivity contribution in [1.82, 2.24) is 5.32 Å². The van der Waals surface area contributed by atoms with Crippen LogP contribution in [0.3, 0.4) is 0 Å². The van der Waals surface area contributed by atoms with Gasteiger partial charge in [0.15, 0.2) is 6.29 Å². The summed E-state index contributed by atoms with van der Waals surface area (Å²) in [5.74, 6) is -0.994. The molecule has 0 aromatic heterocycles. The van der Waals surface area contributed by atoms with Crippen LogP contribution < -0.4 is 5.32 Å². The predicted molar refractivity (Wildman–Crippen MR) is 288 cm³/mol. The van der Waals surface area contributed by atoms with E-state index in [1.54, 1.807) is 0 Å². The van der Waals surface area contributed by atoms with Gasteiger partial charge in [0.2, 0.25) is 5.91 Å². The fourth-order valence-electron chi connectivity index (χ4n) is 10.3. The fourth-order valence-corrected chi connectivity index (χ4v) is 12.2. The van der Waals surface area contributed by atoms with Crippen molar-refractivity contribution in [2.45, 2.75) is 309 Å². The number of unbranched alkanes of at least 4 members (excludes halogenated alkanes) is 22. The number of nitrogens with one attached hydrogen (secondary N) is 1. The number of aliphatic hydroxyl groups excluding tert-OH is 15. The molecule has 3 fully saturated rings. The van der Waals surface area contributed by atoms with Crippen molar-refractivity contribution in [3.63, 3.8) is 0 Å². The van der Waals surface area contributed by atoms with Crippen LogP contribution in [0.25, 0.3) is 0 Å². The van der Waals surface area contributed by atoms with Crippen LogP contribution >= 0.6 is 15.6 Å². The van der Waals surface area contributed by atoms with Gasteiger partial charge in [-0.2, -0.15) is 0 Å². The molecule has 29 heteroatoms. The molecule has 1 heterocycles. The molecule has 0 bridgehead atoms. The molecule has 3 aliphatic rings. The SMILES string of the molecule is CCCCCCCCCCCCCCC(O)C(=O)N[C@@H](COP(=O)(O)O[C@H]1C(O)C(O)C(O)[C@@H](O)C1O[C@H]1O[C@H](COP(=O)(O)OC2C(O)C(O)C(O)[C@@H](O)C2O)[C@@H](O)C(O)C1O)[C@H](O)[C@H](O)CCCCCCCCCCCCCC. The van der Waals surface area contributed by atoms with E-state index in [0.717, 1.165) is 64.2 Å². The maximum atomic E-state index is 13.7. The summed E-state index contributed by atoms with van der Waals surface area (Å²) in [7, 11) is -11.2. The van der Waals surface area contributed by atoms with Crippen molar-refractivity contribution < 1.29 is 128 Å². The third-order valence-corrected chi connectivity index (χ3v) is 17.5. The summed E-state index contributed by atoms with van der Waals surface area (Å²) in [6, 6.07) is -1.69. The van der Waals surface area contributed by atoms with E-state index in [1.165, 1.54) is 70.6 Å². The number of carbonyl (C=O) groups excluding carboxylic acids is 1. The second kappa shape index (κ2) is 38.3. The standard InChI is InChI=1S/C52H101NO26P2/c1-3-5-7-9-11-13-15-17-19-21-23-25-27-32(54)35(56)31(53-51(69)33(55)28-26-24-22-20-18-16-14-12-10-8-6-4-2)29-74-80(70,71)79-50-46(67)42(63)41(62)45(66)49(50)77-52-47(68)37(58)36(57)34(76-52)30-75-81(72,73)78-48-43(64)39(60)38(59)40(61)44(48)65/h31-50,52,54-68H,3-30H2,1-2H3,(H,53,69)(H,70,71)(H,72,73)/t31-,32+,33?,34+,35-,36+,37?,38?,39+,40?,41?,42?,43?,44?,45+,46?,47?,48?,49?,50-,52+/m0/s1. The number of amides is 1. The fraction of sp³-hybridized carbons (Fsp3) is 0.981. The van der Waals surface area contributed by atoms with Crippen LogP contribution in [-0.4, -0.2) is 234 Å². The van der Waals surface area contributed by atoms with E-state index in [2.05, 4.69) is 19.2 Å². The van der Waals surface area contributed by atoms with E-state index in [4.69, 9.17) is 27.6 Å². The molecule has 0 spiro atoms. The third-order valence-electron chi connectivity index (χ3n) is 15.5. The summed E-state index contributed by atoms with van der Waals surface area (Å²) in [4.78, 5) is 34.9. The highest BCUT2D eigenvalue weighted by Crippen LogP contribution is 2.49. The monoisotopic (exact) mass is 1220 g/mol. The number of phosphoric acid groups is 2. The first-order chi connectivity index (χ1) is 38.3. The van der Waals surface area contributed by atoms with Gasteiger partial charge in [-0.05, 0) is 12.8 Å². The lowest BCUT2D eigenvalue weighted by atomic mass is 9.84. The van der Waals surface area contributed by atoms with Crippen molar-refractivity contribution in [1.29, 1.82) is 0 Å². The summed E-state index contributed by atoms with van der Waals surface area (Å²) >= 11 is 0. The molecule has 81 heavy (non-hydrogen) atoms. The van der Waals surface area contributed by atoms with Gasteiger partial charge >= 0.3 is 15.6 Å². The van der Waals surface area contributed by atoms with Crippen LogP contribution in [0.2, 0.25) is 0 Å². The van der Waals surface area contributed by atoms with Gasteiger partial charge in [-0.1, -0.05) is 168 Å². The van der Waals surface area contributed by atoms with Gasteiger partial charge in [0, 0.05) is 0 Å². The van der Waals surface area contributed by atoms with Crippen LogP contribution in [0, 0.1) is 0 Å². The molecule has 23 atom stereocenters. The van der Waals surface area contributed by atoms with Gasteiger partial charge in [-0.25, -0.2) is 9.13 Å². The second-order valence-electron chi connectivity index (χ2n) is 22.2. The van der Waals surface area contributed by atoms with E-state index in [1.807, 2.05) is 0 Å². The van der Waals surface area contributed by atoms with E-state index in [0.29, 0.717) is 19.3 Å². The van der Waals surface area contributed by atoms with Gasteiger partial charge in [0.1, 0.15) is 110 Å². The summed E-state index contributed by atoms with van der Waals surface area (Å²) in [5.41, 5.74) is 0. The lowest BCUT2D eigenvalue weighted by Gasteiger charge is -2.47. The van der Waals surface area contributed by atoms with Crippen molar-refractivity contribution in [3.8, 4) is 0 Å². The Hall–Kier alpha value is -0.990. The number of rotatable bonds is 42. The molecule has 0 aromatic carbocycles. The average molecular weight is 1220 g/mol. The minimum atomic E-state index is -5.68. The predicted octanol–water partition coefficient (Wildman–Crippen LogP) is 0.209. The molecule has 0 radical (unpaired) electrons. The number of phosphoric ester groups is 2. The lowest BCUT2D eigenvalue weighted by Crippen LogP contribution is -2.67. The molecule has 0 aromatic rings. The van der Waals surface area contributed by atoms with Crippen molar-refractivity contribution in [3.05, 3.63) is 0 Å². The van der Waals surface area contributed by atoms with Gasteiger partial charge in [0.25, 0.3) is 0 Å². The smallest absolute Gasteiger partial charge is 0.390 e. The Morgan fingerprint density at radius 2 is 0.815 bits per heavy atom. The Bertz CT molecular complexity index is 1790. The number of hydrogen-bond donors (Lipinski definition) is 18. The molecular formula is C52H101NO26P2. The highest BCUT2D eigenvalue weighted by Gasteiger charge is 2.56. The molecule has 18 N–H and O–H groups in total. The topological polar surface area (TPSA) is 463 Å². The average Bonchev–Trinajstić information content (AvgIpc) is 3.52. The van der Waals surface area contributed by atoms with Crippen LogP contribution in [0.15, 0.2) is 0 Å².